The molecule has 2 N–H and O–H groups in total. The number of ketones is 1. The maximum Gasteiger partial charge on any atom is 0.183 e. The lowest BCUT2D eigenvalue weighted by Crippen LogP contribution is -2.01. The molecule has 0 saturated heterocycles. The van der Waals surface area contributed by atoms with Gasteiger partial charge in [-0.3, -0.25) is 4.79 Å². The Kier molecular flexibility index (Phi) is 3.68. The van der Waals surface area contributed by atoms with Crippen molar-refractivity contribution in [2.24, 2.45) is 5.73 Å². The SMILES string of the molecule is C=C1C=CC(=O)C(=CN)C/C=C\C=C/1. The number of hydrogen-bond donors (Lipinski definition) is 1. The van der Waals surface area contributed by atoms with E-state index in [0.717, 1.165) is 5.57 Å². The molecule has 0 aromatic rings. The van der Waals surface area contributed by atoms with Gasteiger partial charge in [-0.1, -0.05) is 37.0 Å². The van der Waals surface area contributed by atoms with Crippen LogP contribution in [0.3, 0.4) is 0 Å². The number of nitrogens with two attached hydrogens (primary N) is 1. The quantitative estimate of drug-likeness (QED) is 0.589. The summed E-state index contributed by atoms with van der Waals surface area (Å²) in [5, 5.41) is 0. The third-order valence-corrected chi connectivity index (χ3v) is 1.86. The minimum atomic E-state index is -0.0615. The Labute approximate surface area is 83.8 Å². The van der Waals surface area contributed by atoms with Crippen LogP contribution in [0, 0.1) is 0 Å². The number of carbonyl (C=O) groups excluding carboxylic acids is 1. The highest BCUT2D eigenvalue weighted by atomic mass is 16.1. The molecule has 0 spiro atoms. The second-order valence-electron chi connectivity index (χ2n) is 2.96. The third kappa shape index (κ3) is 2.90. The second kappa shape index (κ2) is 5.02. The molecule has 72 valence electrons. The molecule has 0 radical (unpaired) electrons. The molecule has 14 heavy (non-hydrogen) atoms. The van der Waals surface area contributed by atoms with Crippen LogP contribution in [0.1, 0.15) is 6.42 Å². The van der Waals surface area contributed by atoms with Gasteiger partial charge in [0.25, 0.3) is 0 Å². The molecule has 1 rings (SSSR count). The molecule has 2 nitrogen and oxygen atoms in total. The van der Waals surface area contributed by atoms with Crippen molar-refractivity contribution in [1.82, 2.24) is 0 Å². The number of rotatable bonds is 0. The second-order valence-corrected chi connectivity index (χ2v) is 2.96. The van der Waals surface area contributed by atoms with Crippen LogP contribution in [-0.2, 0) is 4.79 Å². The Balaban J connectivity index is 2.96. The molecule has 0 bridgehead atoms. The van der Waals surface area contributed by atoms with Gasteiger partial charge < -0.3 is 5.73 Å². The largest absolute Gasteiger partial charge is 0.404 e. The van der Waals surface area contributed by atoms with Gasteiger partial charge in [-0.05, 0) is 18.1 Å². The van der Waals surface area contributed by atoms with Gasteiger partial charge in [-0.2, -0.15) is 0 Å². The highest BCUT2D eigenvalue weighted by Crippen LogP contribution is 2.07. The van der Waals surface area contributed by atoms with Crippen molar-refractivity contribution < 1.29 is 4.79 Å². The standard InChI is InChI=1S/C12H13NO/c1-10-5-3-2-4-6-11(9-13)12(14)8-7-10/h2-5,7-9H,1,6,13H2/b4-2-,5-3-,8-7?,11-9?. The zero-order valence-electron chi connectivity index (χ0n) is 7.94. The van der Waals surface area contributed by atoms with E-state index >= 15 is 0 Å². The number of allylic oxidation sites excluding steroid dienone is 8. The van der Waals surface area contributed by atoms with Crippen LogP contribution in [0.15, 0.2) is 60.4 Å². The number of hydrogen-bond acceptors (Lipinski definition) is 2. The lowest BCUT2D eigenvalue weighted by molar-refractivity contribution is -0.111. The molecule has 1 aliphatic carbocycles. The summed E-state index contributed by atoms with van der Waals surface area (Å²) in [6.07, 6.45) is 12.6. The summed E-state index contributed by atoms with van der Waals surface area (Å²) in [5.74, 6) is -0.0615. The first-order chi connectivity index (χ1) is 6.74. The van der Waals surface area contributed by atoms with Crippen LogP contribution in [-0.4, -0.2) is 5.78 Å². The summed E-state index contributed by atoms with van der Waals surface area (Å²) < 4.78 is 0. The Morgan fingerprint density at radius 2 is 2.07 bits per heavy atom. The Morgan fingerprint density at radius 1 is 1.29 bits per heavy atom. The average Bonchev–Trinajstić information content (AvgIpc) is 2.19. The first kappa shape index (κ1) is 10.3. The predicted octanol–water partition coefficient (Wildman–Crippen LogP) is 2.03. The molecule has 0 aromatic heterocycles. The molecule has 0 saturated carbocycles. The average molecular weight is 187 g/mol. The zero-order valence-corrected chi connectivity index (χ0v) is 7.94. The van der Waals surface area contributed by atoms with Crippen LogP contribution in [0.4, 0.5) is 0 Å². The molecular formula is C12H13NO. The Hall–Kier alpha value is -1.83. The van der Waals surface area contributed by atoms with Crippen LogP contribution in [0.2, 0.25) is 0 Å². The third-order valence-electron chi connectivity index (χ3n) is 1.86. The summed E-state index contributed by atoms with van der Waals surface area (Å²) in [6.45, 7) is 3.76. The monoisotopic (exact) mass is 187 g/mol. The highest BCUT2D eigenvalue weighted by molar-refractivity contribution is 6.04. The molecule has 1 aliphatic rings. The van der Waals surface area contributed by atoms with Gasteiger partial charge in [0.1, 0.15) is 0 Å². The lowest BCUT2D eigenvalue weighted by atomic mass is 10.1. The summed E-state index contributed by atoms with van der Waals surface area (Å²) in [7, 11) is 0. The van der Waals surface area contributed by atoms with Gasteiger partial charge in [0, 0.05) is 11.8 Å². The van der Waals surface area contributed by atoms with Crippen molar-refractivity contribution in [3.05, 3.63) is 60.4 Å². The molecular weight excluding hydrogens is 174 g/mol. The van der Waals surface area contributed by atoms with E-state index < -0.39 is 0 Å². The topological polar surface area (TPSA) is 43.1 Å². The molecule has 0 heterocycles. The van der Waals surface area contributed by atoms with Gasteiger partial charge >= 0.3 is 0 Å². The summed E-state index contributed by atoms with van der Waals surface area (Å²) in [6, 6.07) is 0. The highest BCUT2D eigenvalue weighted by Gasteiger charge is 2.03. The van der Waals surface area contributed by atoms with Crippen molar-refractivity contribution >= 4 is 5.78 Å². The van der Waals surface area contributed by atoms with E-state index in [1.807, 2.05) is 24.3 Å². The molecule has 0 fully saturated rings. The van der Waals surface area contributed by atoms with Crippen molar-refractivity contribution in [3.63, 3.8) is 0 Å². The van der Waals surface area contributed by atoms with Gasteiger partial charge in [-0.15, -0.1) is 0 Å². The van der Waals surface area contributed by atoms with E-state index in [-0.39, 0.29) is 5.78 Å². The van der Waals surface area contributed by atoms with Crippen molar-refractivity contribution in [2.75, 3.05) is 0 Å². The normalized spacial score (nSPS) is 25.0. The van der Waals surface area contributed by atoms with E-state index in [1.165, 1.54) is 12.3 Å². The Morgan fingerprint density at radius 3 is 2.79 bits per heavy atom. The lowest BCUT2D eigenvalue weighted by Gasteiger charge is -1.99. The first-order valence-corrected chi connectivity index (χ1v) is 4.39. The zero-order chi connectivity index (χ0) is 10.4. The fourth-order valence-corrected chi connectivity index (χ4v) is 1.05. The summed E-state index contributed by atoms with van der Waals surface area (Å²) in [4.78, 5) is 11.5. The molecule has 0 unspecified atom stereocenters. The van der Waals surface area contributed by atoms with Gasteiger partial charge in [-0.25, -0.2) is 0 Å². The molecule has 0 atom stereocenters. The van der Waals surface area contributed by atoms with E-state index in [1.54, 1.807) is 6.08 Å². The predicted molar refractivity (Wildman–Crippen MR) is 58.5 cm³/mol. The van der Waals surface area contributed by atoms with Crippen molar-refractivity contribution in [3.8, 4) is 0 Å². The molecule has 2 heteroatoms. The summed E-state index contributed by atoms with van der Waals surface area (Å²) in [5.41, 5.74) is 6.74. The van der Waals surface area contributed by atoms with E-state index in [4.69, 9.17) is 5.73 Å². The molecule has 0 aromatic carbocycles. The minimum absolute atomic E-state index is 0.0615. The van der Waals surface area contributed by atoms with Crippen LogP contribution in [0.25, 0.3) is 0 Å². The smallest absolute Gasteiger partial charge is 0.183 e. The fourth-order valence-electron chi connectivity index (χ4n) is 1.05. The van der Waals surface area contributed by atoms with Crippen LogP contribution >= 0.6 is 0 Å². The maximum absolute atomic E-state index is 11.5. The van der Waals surface area contributed by atoms with Gasteiger partial charge in [0.15, 0.2) is 5.78 Å². The number of carbonyl (C=O) groups is 1. The maximum atomic E-state index is 11.5. The van der Waals surface area contributed by atoms with Gasteiger partial charge in [0.2, 0.25) is 0 Å². The van der Waals surface area contributed by atoms with Crippen molar-refractivity contribution in [2.45, 2.75) is 6.42 Å². The molecule has 0 aliphatic heterocycles. The summed E-state index contributed by atoms with van der Waals surface area (Å²) >= 11 is 0. The van der Waals surface area contributed by atoms with Crippen LogP contribution < -0.4 is 5.73 Å². The van der Waals surface area contributed by atoms with E-state index in [0.29, 0.717) is 12.0 Å². The first-order valence-electron chi connectivity index (χ1n) is 4.39. The minimum Gasteiger partial charge on any atom is -0.404 e. The fraction of sp³-hybridized carbons (Fsp3) is 0.0833. The van der Waals surface area contributed by atoms with E-state index in [9.17, 15) is 4.79 Å². The van der Waals surface area contributed by atoms with Gasteiger partial charge in [0.05, 0.1) is 0 Å². The Bertz CT molecular complexity index is 357. The van der Waals surface area contributed by atoms with Crippen LogP contribution in [0.5, 0.6) is 0 Å². The van der Waals surface area contributed by atoms with Crippen molar-refractivity contribution in [1.29, 1.82) is 0 Å². The van der Waals surface area contributed by atoms with E-state index in [2.05, 4.69) is 6.58 Å². The molecule has 0 amide bonds.